The fraction of sp³-hybridized carbons (Fsp3) is 0.857. The van der Waals surface area contributed by atoms with Gasteiger partial charge in [0.25, 0.3) is 0 Å². The van der Waals surface area contributed by atoms with Gasteiger partial charge in [0.05, 0.1) is 0 Å². The first-order valence-corrected chi connectivity index (χ1v) is 7.11. The lowest BCUT2D eigenvalue weighted by molar-refractivity contribution is 0.156. The zero-order chi connectivity index (χ0) is 13.2. The number of aromatic nitrogens is 3. The van der Waals surface area contributed by atoms with Crippen LogP contribution in [0.1, 0.15) is 46.4 Å². The second-order valence-corrected chi connectivity index (χ2v) is 6.42. The normalized spacial score (nSPS) is 24.0. The van der Waals surface area contributed by atoms with Gasteiger partial charge in [0, 0.05) is 18.5 Å². The molecule has 1 aliphatic carbocycles. The first kappa shape index (κ1) is 13.5. The third-order valence-electron chi connectivity index (χ3n) is 3.91. The van der Waals surface area contributed by atoms with Crippen LogP contribution in [0.4, 0.5) is 0 Å². The molecule has 1 aromatic heterocycles. The Morgan fingerprint density at radius 3 is 2.61 bits per heavy atom. The summed E-state index contributed by atoms with van der Waals surface area (Å²) in [5.74, 6) is 2.75. The van der Waals surface area contributed by atoms with Gasteiger partial charge >= 0.3 is 0 Å². The van der Waals surface area contributed by atoms with Gasteiger partial charge in [0.1, 0.15) is 12.2 Å². The van der Waals surface area contributed by atoms with Crippen LogP contribution in [0.5, 0.6) is 0 Å². The third kappa shape index (κ3) is 3.31. The average Bonchev–Trinajstić information content (AvgIpc) is 2.70. The standard InChI is InChI=1S/C14H26N4/c1-5-18-13(15-10-17-18)8-11-6-7-12(11)9-16-14(2,3)4/h10-12,16H,5-9H2,1-4H3. The molecule has 1 heterocycles. The summed E-state index contributed by atoms with van der Waals surface area (Å²) in [6, 6.07) is 0. The fourth-order valence-corrected chi connectivity index (χ4v) is 2.56. The molecule has 2 atom stereocenters. The Hall–Kier alpha value is -0.900. The van der Waals surface area contributed by atoms with Gasteiger partial charge in [-0.3, -0.25) is 4.68 Å². The molecule has 4 nitrogen and oxygen atoms in total. The summed E-state index contributed by atoms with van der Waals surface area (Å²) >= 11 is 0. The van der Waals surface area contributed by atoms with E-state index in [0.29, 0.717) is 0 Å². The van der Waals surface area contributed by atoms with E-state index in [2.05, 4.69) is 43.1 Å². The van der Waals surface area contributed by atoms with Crippen molar-refractivity contribution < 1.29 is 0 Å². The number of hydrogen-bond acceptors (Lipinski definition) is 3. The molecule has 0 aromatic carbocycles. The van der Waals surface area contributed by atoms with Crippen LogP contribution in [-0.2, 0) is 13.0 Å². The van der Waals surface area contributed by atoms with Crippen LogP contribution in [0.15, 0.2) is 6.33 Å². The zero-order valence-corrected chi connectivity index (χ0v) is 12.1. The van der Waals surface area contributed by atoms with E-state index >= 15 is 0 Å². The Morgan fingerprint density at radius 1 is 1.33 bits per heavy atom. The number of nitrogens with one attached hydrogen (secondary N) is 1. The molecule has 4 heteroatoms. The topological polar surface area (TPSA) is 42.7 Å². The summed E-state index contributed by atoms with van der Waals surface area (Å²) in [4.78, 5) is 4.38. The first-order chi connectivity index (χ1) is 8.49. The quantitative estimate of drug-likeness (QED) is 0.871. The molecule has 0 amide bonds. The summed E-state index contributed by atoms with van der Waals surface area (Å²) in [5.41, 5.74) is 0.226. The molecule has 1 N–H and O–H groups in total. The van der Waals surface area contributed by atoms with E-state index in [9.17, 15) is 0 Å². The van der Waals surface area contributed by atoms with Crippen LogP contribution in [0, 0.1) is 11.8 Å². The number of aryl methyl sites for hydroxylation is 1. The van der Waals surface area contributed by atoms with E-state index in [-0.39, 0.29) is 5.54 Å². The van der Waals surface area contributed by atoms with Crippen LogP contribution < -0.4 is 5.32 Å². The summed E-state index contributed by atoms with van der Waals surface area (Å²) in [6.07, 6.45) is 5.46. The van der Waals surface area contributed by atoms with Gasteiger partial charge in [-0.2, -0.15) is 5.10 Å². The largest absolute Gasteiger partial charge is 0.312 e. The molecule has 0 radical (unpaired) electrons. The van der Waals surface area contributed by atoms with Gasteiger partial charge in [0.15, 0.2) is 0 Å². The number of nitrogens with zero attached hydrogens (tertiary/aromatic N) is 3. The minimum absolute atomic E-state index is 0.226. The predicted octanol–water partition coefficient (Wildman–Crippen LogP) is 2.25. The van der Waals surface area contributed by atoms with Gasteiger partial charge in [-0.25, -0.2) is 4.98 Å². The molecule has 1 saturated carbocycles. The molecular formula is C14H26N4. The summed E-state index contributed by atoms with van der Waals surface area (Å²) in [5, 5.41) is 7.87. The molecule has 2 rings (SSSR count). The summed E-state index contributed by atoms with van der Waals surface area (Å²) in [6.45, 7) is 10.9. The molecule has 0 bridgehead atoms. The van der Waals surface area contributed by atoms with Crippen molar-refractivity contribution in [1.82, 2.24) is 20.1 Å². The van der Waals surface area contributed by atoms with Crippen LogP contribution in [0.2, 0.25) is 0 Å². The van der Waals surface area contributed by atoms with Crippen LogP contribution in [-0.4, -0.2) is 26.8 Å². The van der Waals surface area contributed by atoms with Gasteiger partial charge in [-0.1, -0.05) is 0 Å². The van der Waals surface area contributed by atoms with Crippen molar-refractivity contribution in [3.05, 3.63) is 12.2 Å². The highest BCUT2D eigenvalue weighted by atomic mass is 15.3. The maximum atomic E-state index is 4.38. The second-order valence-electron chi connectivity index (χ2n) is 6.42. The Morgan fingerprint density at radius 2 is 2.06 bits per heavy atom. The van der Waals surface area contributed by atoms with Crippen molar-refractivity contribution in [2.75, 3.05) is 6.54 Å². The van der Waals surface area contributed by atoms with Crippen LogP contribution in [0.3, 0.4) is 0 Å². The smallest absolute Gasteiger partial charge is 0.138 e. The zero-order valence-electron chi connectivity index (χ0n) is 12.1. The van der Waals surface area contributed by atoms with Crippen molar-refractivity contribution in [3.8, 4) is 0 Å². The minimum Gasteiger partial charge on any atom is -0.312 e. The van der Waals surface area contributed by atoms with E-state index in [1.54, 1.807) is 6.33 Å². The molecule has 1 aliphatic rings. The summed E-state index contributed by atoms with van der Waals surface area (Å²) < 4.78 is 2.02. The molecule has 0 aliphatic heterocycles. The van der Waals surface area contributed by atoms with Crippen molar-refractivity contribution in [2.24, 2.45) is 11.8 Å². The highest BCUT2D eigenvalue weighted by molar-refractivity contribution is 4.94. The van der Waals surface area contributed by atoms with E-state index in [1.807, 2.05) is 4.68 Å². The molecule has 102 valence electrons. The maximum absolute atomic E-state index is 4.38. The average molecular weight is 250 g/mol. The Balaban J connectivity index is 1.84. The van der Waals surface area contributed by atoms with E-state index in [4.69, 9.17) is 0 Å². The SMILES string of the molecule is CCn1ncnc1CC1CCC1CNC(C)(C)C. The van der Waals surface area contributed by atoms with Crippen LogP contribution in [0.25, 0.3) is 0 Å². The predicted molar refractivity (Wildman–Crippen MR) is 73.4 cm³/mol. The lowest BCUT2D eigenvalue weighted by atomic mass is 9.71. The minimum atomic E-state index is 0.226. The molecule has 2 unspecified atom stereocenters. The lowest BCUT2D eigenvalue weighted by Crippen LogP contribution is -2.44. The fourth-order valence-electron chi connectivity index (χ4n) is 2.56. The van der Waals surface area contributed by atoms with Crippen molar-refractivity contribution >= 4 is 0 Å². The van der Waals surface area contributed by atoms with E-state index in [1.165, 1.54) is 12.8 Å². The molecule has 1 aromatic rings. The lowest BCUT2D eigenvalue weighted by Gasteiger charge is -2.38. The Labute approximate surface area is 110 Å². The van der Waals surface area contributed by atoms with Gasteiger partial charge < -0.3 is 5.32 Å². The van der Waals surface area contributed by atoms with Gasteiger partial charge in [-0.15, -0.1) is 0 Å². The molecule has 1 fully saturated rings. The monoisotopic (exact) mass is 250 g/mol. The van der Waals surface area contributed by atoms with Crippen molar-refractivity contribution in [3.63, 3.8) is 0 Å². The van der Waals surface area contributed by atoms with Crippen molar-refractivity contribution in [2.45, 2.75) is 59.0 Å². The second kappa shape index (κ2) is 5.39. The van der Waals surface area contributed by atoms with E-state index < -0.39 is 0 Å². The van der Waals surface area contributed by atoms with Crippen molar-refractivity contribution in [1.29, 1.82) is 0 Å². The molecular weight excluding hydrogens is 224 g/mol. The maximum Gasteiger partial charge on any atom is 0.138 e. The third-order valence-corrected chi connectivity index (χ3v) is 3.91. The molecule has 0 saturated heterocycles. The number of hydrogen-bond donors (Lipinski definition) is 1. The van der Waals surface area contributed by atoms with Gasteiger partial charge in [0.2, 0.25) is 0 Å². The highest BCUT2D eigenvalue weighted by Gasteiger charge is 2.32. The van der Waals surface area contributed by atoms with E-state index in [0.717, 1.165) is 37.2 Å². The number of rotatable bonds is 5. The molecule has 0 spiro atoms. The summed E-state index contributed by atoms with van der Waals surface area (Å²) in [7, 11) is 0. The molecule has 18 heavy (non-hydrogen) atoms. The van der Waals surface area contributed by atoms with Gasteiger partial charge in [-0.05, 0) is 58.9 Å². The highest BCUT2D eigenvalue weighted by Crippen LogP contribution is 2.36. The van der Waals surface area contributed by atoms with Crippen LogP contribution >= 0.6 is 0 Å². The Bertz CT molecular complexity index is 377. The first-order valence-electron chi connectivity index (χ1n) is 7.11. The Kier molecular flexibility index (Phi) is 4.05.